The molecule has 2 aromatic rings. The van der Waals surface area contributed by atoms with Gasteiger partial charge in [-0.2, -0.15) is 10.1 Å². The van der Waals surface area contributed by atoms with E-state index in [0.717, 1.165) is 27.9 Å². The summed E-state index contributed by atoms with van der Waals surface area (Å²) in [6.45, 7) is 5.89. The molecule has 0 aliphatic carbocycles. The number of hydrogen-bond acceptors (Lipinski definition) is 5. The van der Waals surface area contributed by atoms with E-state index in [1.807, 2.05) is 37.7 Å². The highest BCUT2D eigenvalue weighted by Gasteiger charge is 2.13. The standard InChI is InChI=1S/C15H16N6/c1-4-19-21-6-5-11(7-10(21)2)12-8-17-14-13(12)9-18-15(16-3)20-14/h4-9H,2H2,1,3H3,(H2,16,17,18,20)/b19-4-. The molecular formula is C15H16N6. The Hall–Kier alpha value is -2.89. The average Bonchev–Trinajstić information content (AvgIpc) is 2.92. The van der Waals surface area contributed by atoms with Crippen LogP contribution in [0.2, 0.25) is 0 Å². The molecule has 3 heterocycles. The summed E-state index contributed by atoms with van der Waals surface area (Å²) >= 11 is 0. The van der Waals surface area contributed by atoms with Crippen molar-refractivity contribution in [3.05, 3.63) is 48.6 Å². The van der Waals surface area contributed by atoms with Crippen molar-refractivity contribution in [2.45, 2.75) is 6.92 Å². The summed E-state index contributed by atoms with van der Waals surface area (Å²) in [5.41, 5.74) is 3.71. The largest absolute Gasteiger partial charge is 0.357 e. The molecule has 0 unspecified atom stereocenters. The van der Waals surface area contributed by atoms with Gasteiger partial charge in [0.2, 0.25) is 5.95 Å². The molecule has 0 radical (unpaired) electrons. The van der Waals surface area contributed by atoms with Gasteiger partial charge in [-0.1, -0.05) is 6.58 Å². The Morgan fingerprint density at radius 3 is 3.05 bits per heavy atom. The number of H-pyrrole nitrogens is 1. The number of aromatic amines is 1. The maximum absolute atomic E-state index is 4.39. The summed E-state index contributed by atoms with van der Waals surface area (Å²) < 4.78 is 0. The van der Waals surface area contributed by atoms with Crippen LogP contribution in [0.25, 0.3) is 16.6 Å². The average molecular weight is 280 g/mol. The molecular weight excluding hydrogens is 264 g/mol. The molecule has 0 atom stereocenters. The van der Waals surface area contributed by atoms with Crippen LogP contribution in [0, 0.1) is 0 Å². The third kappa shape index (κ3) is 2.31. The Kier molecular flexibility index (Phi) is 3.27. The van der Waals surface area contributed by atoms with Gasteiger partial charge < -0.3 is 10.3 Å². The van der Waals surface area contributed by atoms with Crippen LogP contribution in [0.3, 0.4) is 0 Å². The van der Waals surface area contributed by atoms with E-state index in [2.05, 4.69) is 31.9 Å². The van der Waals surface area contributed by atoms with Crippen LogP contribution >= 0.6 is 0 Å². The summed E-state index contributed by atoms with van der Waals surface area (Å²) in [7, 11) is 1.80. The highest BCUT2D eigenvalue weighted by atomic mass is 15.4. The van der Waals surface area contributed by atoms with E-state index >= 15 is 0 Å². The van der Waals surface area contributed by atoms with Gasteiger partial charge in [-0.05, 0) is 24.6 Å². The lowest BCUT2D eigenvalue weighted by Gasteiger charge is -2.19. The van der Waals surface area contributed by atoms with Crippen LogP contribution in [0.1, 0.15) is 12.5 Å². The monoisotopic (exact) mass is 280 g/mol. The van der Waals surface area contributed by atoms with Crippen LogP contribution in [-0.4, -0.2) is 33.2 Å². The molecule has 0 saturated heterocycles. The lowest BCUT2D eigenvalue weighted by atomic mass is 10.0. The van der Waals surface area contributed by atoms with Crippen molar-refractivity contribution in [3.63, 3.8) is 0 Å². The molecule has 0 amide bonds. The third-order valence-corrected chi connectivity index (χ3v) is 3.22. The predicted molar refractivity (Wildman–Crippen MR) is 85.7 cm³/mol. The SMILES string of the molecule is C=C1C=C(c2c[nH]c3nc(NC)ncc23)C=CN1/N=C\C. The van der Waals surface area contributed by atoms with Crippen LogP contribution < -0.4 is 5.32 Å². The first kappa shape index (κ1) is 13.1. The van der Waals surface area contributed by atoms with E-state index in [1.54, 1.807) is 18.3 Å². The summed E-state index contributed by atoms with van der Waals surface area (Å²) in [6.07, 6.45) is 11.3. The van der Waals surface area contributed by atoms with E-state index < -0.39 is 0 Å². The second-order valence-corrected chi connectivity index (χ2v) is 4.53. The number of nitrogens with one attached hydrogen (secondary N) is 2. The number of anilines is 1. The minimum Gasteiger partial charge on any atom is -0.357 e. The molecule has 6 heteroatoms. The number of rotatable bonds is 3. The molecule has 2 N–H and O–H groups in total. The van der Waals surface area contributed by atoms with E-state index in [9.17, 15) is 0 Å². The van der Waals surface area contributed by atoms with Gasteiger partial charge in [-0.25, -0.2) is 9.99 Å². The minimum atomic E-state index is 0.594. The van der Waals surface area contributed by atoms with Crippen LogP contribution in [0.15, 0.2) is 48.1 Å². The first-order chi connectivity index (χ1) is 10.2. The van der Waals surface area contributed by atoms with Gasteiger partial charge in [-0.3, -0.25) is 0 Å². The second kappa shape index (κ2) is 5.24. The Morgan fingerprint density at radius 2 is 2.33 bits per heavy atom. The topological polar surface area (TPSA) is 69.2 Å². The molecule has 6 nitrogen and oxygen atoms in total. The first-order valence-corrected chi connectivity index (χ1v) is 6.62. The molecule has 0 bridgehead atoms. The van der Waals surface area contributed by atoms with E-state index in [1.165, 1.54) is 0 Å². The van der Waals surface area contributed by atoms with Crippen molar-refractivity contribution < 1.29 is 0 Å². The maximum atomic E-state index is 4.39. The van der Waals surface area contributed by atoms with Crippen LogP contribution in [0.5, 0.6) is 0 Å². The van der Waals surface area contributed by atoms with Crippen LogP contribution in [0.4, 0.5) is 5.95 Å². The quantitative estimate of drug-likeness (QED) is 0.848. The number of hydrazone groups is 1. The van der Waals surface area contributed by atoms with Gasteiger partial charge in [0, 0.05) is 42.8 Å². The Labute approximate surface area is 122 Å². The fraction of sp³-hybridized carbons (Fsp3) is 0.133. The fourth-order valence-corrected chi connectivity index (χ4v) is 2.21. The van der Waals surface area contributed by atoms with Crippen molar-refractivity contribution in [2.75, 3.05) is 12.4 Å². The van der Waals surface area contributed by atoms with Gasteiger partial charge in [-0.15, -0.1) is 0 Å². The number of allylic oxidation sites excluding steroid dienone is 3. The zero-order chi connectivity index (χ0) is 14.8. The summed E-state index contributed by atoms with van der Waals surface area (Å²) in [4.78, 5) is 11.8. The fourth-order valence-electron chi connectivity index (χ4n) is 2.21. The van der Waals surface area contributed by atoms with E-state index in [4.69, 9.17) is 0 Å². The summed E-state index contributed by atoms with van der Waals surface area (Å²) in [5.74, 6) is 0.594. The molecule has 106 valence electrons. The molecule has 1 aliphatic rings. The van der Waals surface area contributed by atoms with Crippen molar-refractivity contribution in [2.24, 2.45) is 5.10 Å². The smallest absolute Gasteiger partial charge is 0.224 e. The number of nitrogens with zero attached hydrogens (tertiary/aromatic N) is 4. The second-order valence-electron chi connectivity index (χ2n) is 4.53. The molecule has 2 aromatic heterocycles. The zero-order valence-corrected chi connectivity index (χ0v) is 12.0. The third-order valence-electron chi connectivity index (χ3n) is 3.22. The lowest BCUT2D eigenvalue weighted by Crippen LogP contribution is -2.10. The number of fused-ring (bicyclic) bond motifs is 1. The Balaban J connectivity index is 2.00. The van der Waals surface area contributed by atoms with Gasteiger partial charge in [0.1, 0.15) is 5.65 Å². The van der Waals surface area contributed by atoms with Crippen LogP contribution in [-0.2, 0) is 0 Å². The molecule has 3 rings (SSSR count). The van der Waals surface area contributed by atoms with Crippen molar-refractivity contribution in [3.8, 4) is 0 Å². The van der Waals surface area contributed by atoms with Crippen molar-refractivity contribution >= 4 is 28.8 Å². The lowest BCUT2D eigenvalue weighted by molar-refractivity contribution is 0.516. The van der Waals surface area contributed by atoms with Crippen molar-refractivity contribution in [1.29, 1.82) is 0 Å². The molecule has 0 saturated carbocycles. The highest BCUT2D eigenvalue weighted by Crippen LogP contribution is 2.29. The number of aromatic nitrogens is 3. The molecule has 0 fully saturated rings. The molecule has 0 aromatic carbocycles. The summed E-state index contributed by atoms with van der Waals surface area (Å²) in [6, 6.07) is 0. The Bertz CT molecular complexity index is 781. The van der Waals surface area contributed by atoms with Gasteiger partial charge in [0.15, 0.2) is 0 Å². The van der Waals surface area contributed by atoms with Crippen molar-refractivity contribution in [1.82, 2.24) is 20.0 Å². The molecule has 1 aliphatic heterocycles. The van der Waals surface area contributed by atoms with E-state index in [-0.39, 0.29) is 0 Å². The minimum absolute atomic E-state index is 0.594. The molecule has 0 spiro atoms. The molecule has 21 heavy (non-hydrogen) atoms. The normalized spacial score (nSPS) is 15.0. The number of hydrogen-bond donors (Lipinski definition) is 2. The van der Waals surface area contributed by atoms with Gasteiger partial charge in [0.05, 0.1) is 5.70 Å². The predicted octanol–water partition coefficient (Wildman–Crippen LogP) is 2.73. The zero-order valence-electron chi connectivity index (χ0n) is 12.0. The maximum Gasteiger partial charge on any atom is 0.224 e. The summed E-state index contributed by atoms with van der Waals surface area (Å²) in [5, 5.41) is 9.84. The first-order valence-electron chi connectivity index (χ1n) is 6.62. The van der Waals surface area contributed by atoms with E-state index in [0.29, 0.717) is 5.95 Å². The van der Waals surface area contributed by atoms with Gasteiger partial charge >= 0.3 is 0 Å². The Morgan fingerprint density at radius 1 is 1.48 bits per heavy atom. The highest BCUT2D eigenvalue weighted by molar-refractivity contribution is 5.94. The van der Waals surface area contributed by atoms with Gasteiger partial charge in [0.25, 0.3) is 0 Å².